The minimum absolute atomic E-state index is 0.0832. The number of hydrogen-bond donors (Lipinski definition) is 2. The Bertz CT molecular complexity index is 273. The third kappa shape index (κ3) is 4.16. The number of aliphatic hydroxyl groups excluding tert-OH is 1. The molecule has 0 saturated carbocycles. The molecule has 0 aromatic rings. The van der Waals surface area contributed by atoms with Crippen molar-refractivity contribution in [2.45, 2.75) is 58.4 Å². The number of ether oxygens (including phenoxy) is 1. The summed E-state index contributed by atoms with van der Waals surface area (Å²) in [6, 6.07) is -0.00133. The van der Waals surface area contributed by atoms with E-state index in [9.17, 15) is 9.90 Å². The van der Waals surface area contributed by atoms with Crippen molar-refractivity contribution in [1.29, 1.82) is 0 Å². The molecule has 0 bridgehead atoms. The number of nitrogens with one attached hydrogen (secondary N) is 1. The Morgan fingerprint density at radius 2 is 2.12 bits per heavy atom. The lowest BCUT2D eigenvalue weighted by molar-refractivity contribution is 0.00132. The highest BCUT2D eigenvalue weighted by molar-refractivity contribution is 5.68. The van der Waals surface area contributed by atoms with Crippen molar-refractivity contribution < 1.29 is 14.6 Å². The molecule has 0 aromatic carbocycles. The van der Waals surface area contributed by atoms with Crippen molar-refractivity contribution in [2.24, 2.45) is 0 Å². The van der Waals surface area contributed by atoms with Crippen LogP contribution in [-0.2, 0) is 4.74 Å². The molecule has 1 amide bonds. The van der Waals surface area contributed by atoms with Crippen molar-refractivity contribution in [1.82, 2.24) is 10.2 Å². The Kier molecular flexibility index (Phi) is 4.38. The Balaban J connectivity index is 2.64. The van der Waals surface area contributed by atoms with E-state index in [0.717, 1.165) is 0 Å². The number of carbonyl (C=O) groups excluding carboxylic acids is 1. The monoisotopic (exact) mass is 244 g/mol. The first-order valence-corrected chi connectivity index (χ1v) is 6.12. The molecule has 1 aliphatic rings. The van der Waals surface area contributed by atoms with E-state index in [1.165, 1.54) is 0 Å². The number of hydrogen-bond acceptors (Lipinski definition) is 4. The maximum atomic E-state index is 12.0. The summed E-state index contributed by atoms with van der Waals surface area (Å²) in [5.41, 5.74) is -0.484. The first kappa shape index (κ1) is 14.3. The van der Waals surface area contributed by atoms with E-state index in [-0.39, 0.29) is 18.2 Å². The molecule has 0 unspecified atom stereocenters. The van der Waals surface area contributed by atoms with Crippen LogP contribution in [0.25, 0.3) is 0 Å². The number of aliphatic hydroxyl groups is 1. The van der Waals surface area contributed by atoms with Gasteiger partial charge in [0.25, 0.3) is 0 Å². The van der Waals surface area contributed by atoms with Gasteiger partial charge in [0.1, 0.15) is 5.60 Å². The molecule has 100 valence electrons. The van der Waals surface area contributed by atoms with Gasteiger partial charge in [0.05, 0.1) is 12.1 Å². The first-order valence-electron chi connectivity index (χ1n) is 6.12. The summed E-state index contributed by atoms with van der Waals surface area (Å²) >= 11 is 0. The number of carbonyl (C=O) groups is 1. The Labute approximate surface area is 103 Å². The van der Waals surface area contributed by atoms with Crippen LogP contribution in [0.1, 0.15) is 34.6 Å². The van der Waals surface area contributed by atoms with Crippen molar-refractivity contribution in [3.8, 4) is 0 Å². The number of rotatable bonds is 1. The molecular formula is C12H24N2O3. The van der Waals surface area contributed by atoms with Gasteiger partial charge in [0.2, 0.25) is 0 Å². The highest BCUT2D eigenvalue weighted by Crippen LogP contribution is 2.15. The summed E-state index contributed by atoms with van der Waals surface area (Å²) in [4.78, 5) is 13.7. The van der Waals surface area contributed by atoms with Gasteiger partial charge in [-0.25, -0.2) is 4.79 Å². The molecule has 1 rings (SSSR count). The van der Waals surface area contributed by atoms with E-state index in [1.807, 2.05) is 27.7 Å². The molecule has 17 heavy (non-hydrogen) atoms. The van der Waals surface area contributed by atoms with E-state index >= 15 is 0 Å². The molecule has 1 heterocycles. The minimum atomic E-state index is -0.484. The Morgan fingerprint density at radius 3 is 2.59 bits per heavy atom. The van der Waals surface area contributed by atoms with Crippen LogP contribution in [0.3, 0.4) is 0 Å². The summed E-state index contributed by atoms with van der Waals surface area (Å²) in [5, 5.41) is 12.8. The SMILES string of the molecule is C[C@H](O)[C@@H]1CN(C(=O)OC(C)(C)C)[C@H](C)CN1. The lowest BCUT2D eigenvalue weighted by atomic mass is 10.1. The second-order valence-electron chi connectivity index (χ2n) is 5.74. The molecule has 5 nitrogen and oxygen atoms in total. The van der Waals surface area contributed by atoms with E-state index < -0.39 is 11.7 Å². The molecule has 0 aliphatic carbocycles. The Morgan fingerprint density at radius 1 is 1.53 bits per heavy atom. The summed E-state index contributed by atoms with van der Waals surface area (Å²) in [5.74, 6) is 0. The normalized spacial score (nSPS) is 27.8. The molecule has 2 N–H and O–H groups in total. The number of nitrogens with zero attached hydrogens (tertiary/aromatic N) is 1. The van der Waals surface area contributed by atoms with Gasteiger partial charge in [-0.1, -0.05) is 0 Å². The standard InChI is InChI=1S/C12H24N2O3/c1-8-6-13-10(9(2)15)7-14(8)11(16)17-12(3,4)5/h8-10,13,15H,6-7H2,1-5H3/t8-,9+,10+/m1/s1. The van der Waals surface area contributed by atoms with E-state index in [2.05, 4.69) is 5.32 Å². The fourth-order valence-corrected chi connectivity index (χ4v) is 1.79. The lowest BCUT2D eigenvalue weighted by Gasteiger charge is -2.40. The van der Waals surface area contributed by atoms with E-state index in [1.54, 1.807) is 11.8 Å². The summed E-state index contributed by atoms with van der Waals surface area (Å²) in [6.07, 6.45) is -0.787. The zero-order valence-corrected chi connectivity index (χ0v) is 11.4. The topological polar surface area (TPSA) is 61.8 Å². The molecule has 1 fully saturated rings. The number of piperazine rings is 1. The maximum Gasteiger partial charge on any atom is 0.410 e. The van der Waals surface area contributed by atoms with Gasteiger partial charge in [-0.3, -0.25) is 0 Å². The van der Waals surface area contributed by atoms with Crippen LogP contribution >= 0.6 is 0 Å². The van der Waals surface area contributed by atoms with E-state index in [4.69, 9.17) is 4.74 Å². The first-order chi connectivity index (χ1) is 7.70. The van der Waals surface area contributed by atoms with Crippen molar-refractivity contribution in [3.05, 3.63) is 0 Å². The molecule has 3 atom stereocenters. The molecule has 0 aromatic heterocycles. The van der Waals surface area contributed by atoms with Crippen molar-refractivity contribution in [2.75, 3.05) is 13.1 Å². The smallest absolute Gasteiger partial charge is 0.410 e. The fraction of sp³-hybridized carbons (Fsp3) is 0.917. The molecule has 0 spiro atoms. The largest absolute Gasteiger partial charge is 0.444 e. The lowest BCUT2D eigenvalue weighted by Crippen LogP contribution is -2.60. The molecule has 1 aliphatic heterocycles. The average Bonchev–Trinajstić information content (AvgIpc) is 2.14. The van der Waals surface area contributed by atoms with Crippen LogP contribution in [-0.4, -0.2) is 53.0 Å². The fourth-order valence-electron chi connectivity index (χ4n) is 1.79. The summed E-state index contributed by atoms with van der Waals surface area (Å²) in [7, 11) is 0. The second-order valence-corrected chi connectivity index (χ2v) is 5.74. The molecule has 1 saturated heterocycles. The van der Waals surface area contributed by atoms with Crippen LogP contribution < -0.4 is 5.32 Å². The maximum absolute atomic E-state index is 12.0. The third-order valence-electron chi connectivity index (χ3n) is 2.81. The highest BCUT2D eigenvalue weighted by atomic mass is 16.6. The Hall–Kier alpha value is -0.810. The highest BCUT2D eigenvalue weighted by Gasteiger charge is 2.33. The van der Waals surface area contributed by atoms with E-state index in [0.29, 0.717) is 13.1 Å². The third-order valence-corrected chi connectivity index (χ3v) is 2.81. The quantitative estimate of drug-likeness (QED) is 0.721. The summed E-state index contributed by atoms with van der Waals surface area (Å²) in [6.45, 7) is 10.4. The average molecular weight is 244 g/mol. The van der Waals surface area contributed by atoms with Gasteiger partial charge < -0.3 is 20.1 Å². The van der Waals surface area contributed by atoms with Crippen LogP contribution in [0, 0.1) is 0 Å². The van der Waals surface area contributed by atoms with Gasteiger partial charge in [-0.15, -0.1) is 0 Å². The zero-order chi connectivity index (χ0) is 13.2. The minimum Gasteiger partial charge on any atom is -0.444 e. The summed E-state index contributed by atoms with van der Waals surface area (Å²) < 4.78 is 5.35. The van der Waals surface area contributed by atoms with Gasteiger partial charge in [-0.2, -0.15) is 0 Å². The van der Waals surface area contributed by atoms with Gasteiger partial charge >= 0.3 is 6.09 Å². The molecule has 0 radical (unpaired) electrons. The van der Waals surface area contributed by atoms with Gasteiger partial charge in [0, 0.05) is 19.1 Å². The molecule has 5 heteroatoms. The van der Waals surface area contributed by atoms with Gasteiger partial charge in [0.15, 0.2) is 0 Å². The van der Waals surface area contributed by atoms with Crippen LogP contribution in [0.2, 0.25) is 0 Å². The van der Waals surface area contributed by atoms with Gasteiger partial charge in [-0.05, 0) is 34.6 Å². The predicted octanol–water partition coefficient (Wildman–Crippen LogP) is 0.965. The second kappa shape index (κ2) is 5.23. The predicted molar refractivity (Wildman–Crippen MR) is 65.9 cm³/mol. The van der Waals surface area contributed by atoms with Crippen LogP contribution in [0.5, 0.6) is 0 Å². The van der Waals surface area contributed by atoms with Crippen molar-refractivity contribution >= 4 is 6.09 Å². The molecular weight excluding hydrogens is 220 g/mol. The van der Waals surface area contributed by atoms with Crippen LogP contribution in [0.4, 0.5) is 4.79 Å². The zero-order valence-electron chi connectivity index (χ0n) is 11.4. The number of amides is 1. The van der Waals surface area contributed by atoms with Crippen LogP contribution in [0.15, 0.2) is 0 Å². The van der Waals surface area contributed by atoms with Crippen molar-refractivity contribution in [3.63, 3.8) is 0 Å².